The Balaban J connectivity index is 1.72. The number of hydrogen-bond acceptors (Lipinski definition) is 2. The SMILES string of the molecule is Nc1ccc(S(=O)CC2Cc3ccccc32)cc1. The Labute approximate surface area is 109 Å². The van der Waals surface area contributed by atoms with E-state index in [1.807, 2.05) is 24.3 Å². The summed E-state index contributed by atoms with van der Waals surface area (Å²) in [6.45, 7) is 0. The molecule has 0 heterocycles. The molecule has 1 aliphatic carbocycles. The minimum Gasteiger partial charge on any atom is -0.399 e. The molecular formula is C15H15NOS. The largest absolute Gasteiger partial charge is 0.399 e. The average Bonchev–Trinajstić information content (AvgIpc) is 2.36. The predicted octanol–water partition coefficient (Wildman–Crippen LogP) is 2.72. The van der Waals surface area contributed by atoms with Gasteiger partial charge < -0.3 is 5.73 Å². The molecular weight excluding hydrogens is 242 g/mol. The number of fused-ring (bicyclic) bond motifs is 1. The molecule has 2 N–H and O–H groups in total. The Morgan fingerprint density at radius 1 is 1.11 bits per heavy atom. The van der Waals surface area contributed by atoms with Gasteiger partial charge in [0.1, 0.15) is 0 Å². The molecule has 0 aromatic heterocycles. The summed E-state index contributed by atoms with van der Waals surface area (Å²) in [6.07, 6.45) is 1.05. The van der Waals surface area contributed by atoms with Gasteiger partial charge >= 0.3 is 0 Å². The van der Waals surface area contributed by atoms with Crippen molar-refractivity contribution in [3.63, 3.8) is 0 Å². The molecule has 92 valence electrons. The Morgan fingerprint density at radius 2 is 1.83 bits per heavy atom. The fraction of sp³-hybridized carbons (Fsp3) is 0.200. The van der Waals surface area contributed by atoms with Crippen LogP contribution >= 0.6 is 0 Å². The zero-order chi connectivity index (χ0) is 12.5. The van der Waals surface area contributed by atoms with Crippen molar-refractivity contribution in [2.75, 3.05) is 11.5 Å². The van der Waals surface area contributed by atoms with Crippen LogP contribution in [0.2, 0.25) is 0 Å². The van der Waals surface area contributed by atoms with Crippen LogP contribution < -0.4 is 5.73 Å². The van der Waals surface area contributed by atoms with Crippen LogP contribution in [0.15, 0.2) is 53.4 Å². The van der Waals surface area contributed by atoms with Gasteiger partial charge in [0.25, 0.3) is 0 Å². The van der Waals surface area contributed by atoms with Crippen LogP contribution in [0.1, 0.15) is 17.0 Å². The van der Waals surface area contributed by atoms with E-state index in [1.54, 1.807) is 0 Å². The zero-order valence-electron chi connectivity index (χ0n) is 10.0. The van der Waals surface area contributed by atoms with Crippen LogP contribution in [0.4, 0.5) is 5.69 Å². The minimum atomic E-state index is -0.933. The molecule has 2 unspecified atom stereocenters. The van der Waals surface area contributed by atoms with Gasteiger partial charge in [0.2, 0.25) is 0 Å². The second-order valence-electron chi connectivity index (χ2n) is 4.68. The van der Waals surface area contributed by atoms with Gasteiger partial charge in [-0.25, -0.2) is 0 Å². The highest BCUT2D eigenvalue weighted by atomic mass is 32.2. The van der Waals surface area contributed by atoms with Gasteiger partial charge in [0.05, 0.1) is 10.8 Å². The summed E-state index contributed by atoms with van der Waals surface area (Å²) < 4.78 is 12.2. The van der Waals surface area contributed by atoms with Crippen molar-refractivity contribution >= 4 is 16.5 Å². The van der Waals surface area contributed by atoms with E-state index in [1.165, 1.54) is 11.1 Å². The summed E-state index contributed by atoms with van der Waals surface area (Å²) >= 11 is 0. The molecule has 0 bridgehead atoms. The van der Waals surface area contributed by atoms with Crippen LogP contribution in [0.3, 0.4) is 0 Å². The quantitative estimate of drug-likeness (QED) is 0.859. The van der Waals surface area contributed by atoms with E-state index in [4.69, 9.17) is 5.73 Å². The van der Waals surface area contributed by atoms with Gasteiger partial charge in [-0.05, 0) is 41.8 Å². The first-order valence-electron chi connectivity index (χ1n) is 6.06. The number of anilines is 1. The summed E-state index contributed by atoms with van der Waals surface area (Å²) in [6, 6.07) is 15.7. The molecule has 0 fully saturated rings. The van der Waals surface area contributed by atoms with Crippen LogP contribution in [-0.2, 0) is 17.2 Å². The first-order chi connectivity index (χ1) is 8.74. The number of nitrogen functional groups attached to an aromatic ring is 1. The molecule has 2 atom stereocenters. The number of rotatable bonds is 3. The lowest BCUT2D eigenvalue weighted by atomic mass is 9.79. The van der Waals surface area contributed by atoms with Crippen molar-refractivity contribution in [2.45, 2.75) is 17.2 Å². The Morgan fingerprint density at radius 3 is 2.56 bits per heavy atom. The number of benzene rings is 2. The highest BCUT2D eigenvalue weighted by Gasteiger charge is 2.27. The van der Waals surface area contributed by atoms with Crippen LogP contribution in [0.5, 0.6) is 0 Å². The smallest absolute Gasteiger partial charge is 0.0535 e. The second-order valence-corrected chi connectivity index (χ2v) is 6.18. The van der Waals surface area contributed by atoms with Crippen molar-refractivity contribution in [3.8, 4) is 0 Å². The summed E-state index contributed by atoms with van der Waals surface area (Å²) in [5.41, 5.74) is 9.10. The Bertz CT molecular complexity index is 592. The van der Waals surface area contributed by atoms with Crippen molar-refractivity contribution < 1.29 is 4.21 Å². The van der Waals surface area contributed by atoms with Gasteiger partial charge in [-0.3, -0.25) is 4.21 Å². The highest BCUT2D eigenvalue weighted by Crippen LogP contribution is 2.35. The van der Waals surface area contributed by atoms with E-state index < -0.39 is 10.8 Å². The normalized spacial score (nSPS) is 18.8. The monoisotopic (exact) mass is 257 g/mol. The van der Waals surface area contributed by atoms with Gasteiger partial charge in [0.15, 0.2) is 0 Å². The summed E-state index contributed by atoms with van der Waals surface area (Å²) in [5.74, 6) is 1.15. The lowest BCUT2D eigenvalue weighted by Gasteiger charge is -2.29. The highest BCUT2D eigenvalue weighted by molar-refractivity contribution is 7.85. The molecule has 18 heavy (non-hydrogen) atoms. The standard InChI is InChI=1S/C15H15NOS/c16-13-5-7-14(8-6-13)18(17)10-12-9-11-3-1-2-4-15(11)12/h1-8,12H,9-10,16H2. The second kappa shape index (κ2) is 4.58. The fourth-order valence-corrected chi connectivity index (χ4v) is 3.70. The molecule has 2 nitrogen and oxygen atoms in total. The molecule has 2 aromatic rings. The van der Waals surface area contributed by atoms with E-state index in [0.717, 1.165) is 11.3 Å². The van der Waals surface area contributed by atoms with Crippen molar-refractivity contribution in [2.24, 2.45) is 0 Å². The van der Waals surface area contributed by atoms with Gasteiger partial charge in [-0.15, -0.1) is 0 Å². The van der Waals surface area contributed by atoms with E-state index in [0.29, 0.717) is 17.4 Å². The topological polar surface area (TPSA) is 43.1 Å². The van der Waals surface area contributed by atoms with Gasteiger partial charge in [0, 0.05) is 22.3 Å². The molecule has 1 aliphatic rings. The lowest BCUT2D eigenvalue weighted by molar-refractivity contribution is 0.644. The summed E-state index contributed by atoms with van der Waals surface area (Å²) in [4.78, 5) is 0.869. The summed E-state index contributed by atoms with van der Waals surface area (Å²) in [5, 5.41) is 0. The molecule has 0 spiro atoms. The van der Waals surface area contributed by atoms with Crippen molar-refractivity contribution in [1.82, 2.24) is 0 Å². The summed E-state index contributed by atoms with van der Waals surface area (Å²) in [7, 11) is -0.933. The molecule has 0 saturated carbocycles. The molecule has 0 saturated heterocycles. The van der Waals surface area contributed by atoms with E-state index in [9.17, 15) is 4.21 Å². The maximum atomic E-state index is 12.2. The fourth-order valence-electron chi connectivity index (χ4n) is 2.41. The number of nitrogens with two attached hydrogens (primary N) is 1. The van der Waals surface area contributed by atoms with Crippen LogP contribution in [-0.4, -0.2) is 9.96 Å². The molecule has 0 radical (unpaired) electrons. The van der Waals surface area contributed by atoms with E-state index in [-0.39, 0.29) is 0 Å². The zero-order valence-corrected chi connectivity index (χ0v) is 10.8. The van der Waals surface area contributed by atoms with Crippen molar-refractivity contribution in [3.05, 3.63) is 59.7 Å². The number of hydrogen-bond donors (Lipinski definition) is 1. The molecule has 3 rings (SSSR count). The average molecular weight is 257 g/mol. The predicted molar refractivity (Wildman–Crippen MR) is 75.0 cm³/mol. The Kier molecular flexibility index (Phi) is 2.92. The third-order valence-corrected chi connectivity index (χ3v) is 4.96. The first kappa shape index (κ1) is 11.5. The third kappa shape index (κ3) is 2.06. The lowest BCUT2D eigenvalue weighted by Crippen LogP contribution is -2.22. The first-order valence-corrected chi connectivity index (χ1v) is 7.37. The maximum absolute atomic E-state index is 12.2. The molecule has 0 amide bonds. The van der Waals surface area contributed by atoms with Gasteiger partial charge in [-0.1, -0.05) is 24.3 Å². The Hall–Kier alpha value is -1.61. The van der Waals surface area contributed by atoms with Gasteiger partial charge in [-0.2, -0.15) is 0 Å². The third-order valence-electron chi connectivity index (χ3n) is 3.46. The van der Waals surface area contributed by atoms with E-state index in [2.05, 4.69) is 24.3 Å². The maximum Gasteiger partial charge on any atom is 0.0535 e. The molecule has 0 aliphatic heterocycles. The minimum absolute atomic E-state index is 0.444. The van der Waals surface area contributed by atoms with Crippen LogP contribution in [0, 0.1) is 0 Å². The van der Waals surface area contributed by atoms with Crippen molar-refractivity contribution in [1.29, 1.82) is 0 Å². The van der Waals surface area contributed by atoms with E-state index >= 15 is 0 Å². The molecule has 2 aromatic carbocycles. The van der Waals surface area contributed by atoms with Crippen LogP contribution in [0.25, 0.3) is 0 Å². The molecule has 3 heteroatoms.